The van der Waals surface area contributed by atoms with Crippen LogP contribution in [0.4, 0.5) is 17.6 Å². The summed E-state index contributed by atoms with van der Waals surface area (Å²) in [5.41, 5.74) is -0.708. The van der Waals surface area contributed by atoms with Crippen LogP contribution in [0.2, 0.25) is 0 Å². The predicted octanol–water partition coefficient (Wildman–Crippen LogP) is 3.72. The Morgan fingerprint density at radius 1 is 0.591 bits per heavy atom. The van der Waals surface area contributed by atoms with Crippen molar-refractivity contribution in [3.05, 3.63) is 71.8 Å². The monoisotopic (exact) mass is 314 g/mol. The molecule has 0 heterocycles. The molecule has 0 aliphatic rings. The summed E-state index contributed by atoms with van der Waals surface area (Å²) >= 11 is 0. The van der Waals surface area contributed by atoms with Crippen LogP contribution < -0.4 is 0 Å². The Labute approximate surface area is 124 Å². The van der Waals surface area contributed by atoms with Gasteiger partial charge in [-0.25, -0.2) is 0 Å². The van der Waals surface area contributed by atoms with Gasteiger partial charge in [-0.3, -0.25) is 0 Å². The molecule has 2 aromatic rings. The van der Waals surface area contributed by atoms with E-state index in [0.717, 1.165) is 24.3 Å². The molecule has 22 heavy (non-hydrogen) atoms. The minimum absolute atomic E-state index is 0.354. The number of hydrogen-bond donors (Lipinski definition) is 2. The number of benzene rings is 2. The van der Waals surface area contributed by atoms with Gasteiger partial charge in [0, 0.05) is 0 Å². The zero-order chi connectivity index (χ0) is 16.4. The van der Waals surface area contributed by atoms with Gasteiger partial charge in [-0.1, -0.05) is 60.7 Å². The van der Waals surface area contributed by atoms with Gasteiger partial charge in [-0.2, -0.15) is 17.6 Å². The van der Waals surface area contributed by atoms with E-state index in [2.05, 4.69) is 0 Å². The van der Waals surface area contributed by atoms with Crippen LogP contribution >= 0.6 is 0 Å². The van der Waals surface area contributed by atoms with Gasteiger partial charge in [0.1, 0.15) is 12.2 Å². The van der Waals surface area contributed by atoms with Crippen molar-refractivity contribution in [2.75, 3.05) is 0 Å². The summed E-state index contributed by atoms with van der Waals surface area (Å²) < 4.78 is 56.2. The summed E-state index contributed by atoms with van der Waals surface area (Å²) in [7, 11) is 0. The molecular weight excluding hydrogens is 300 g/mol. The number of rotatable bonds is 5. The van der Waals surface area contributed by atoms with E-state index in [1.54, 1.807) is 0 Å². The second-order valence-electron chi connectivity index (χ2n) is 4.87. The van der Waals surface area contributed by atoms with Crippen LogP contribution in [-0.4, -0.2) is 22.1 Å². The minimum atomic E-state index is -4.84. The standard InChI is InChI=1S/C16H14F4O2/c17-15(18,13(21)11-7-3-1-4-8-11)16(19,20)14(22)12-9-5-2-6-10-12/h1-10,13-14,21-22H. The zero-order valence-electron chi connectivity index (χ0n) is 11.3. The molecule has 2 nitrogen and oxygen atoms in total. The lowest BCUT2D eigenvalue weighted by atomic mass is 9.92. The van der Waals surface area contributed by atoms with E-state index in [4.69, 9.17) is 0 Å². The van der Waals surface area contributed by atoms with Crippen LogP contribution in [0.15, 0.2) is 60.7 Å². The van der Waals surface area contributed by atoms with E-state index in [-0.39, 0.29) is 11.1 Å². The van der Waals surface area contributed by atoms with Crippen LogP contribution in [0.3, 0.4) is 0 Å². The normalized spacial score (nSPS) is 15.4. The molecule has 0 aliphatic carbocycles. The lowest BCUT2D eigenvalue weighted by Crippen LogP contribution is -2.49. The summed E-state index contributed by atoms with van der Waals surface area (Å²) in [6.07, 6.45) is -5.47. The van der Waals surface area contributed by atoms with Crippen LogP contribution in [0, 0.1) is 0 Å². The highest BCUT2D eigenvalue weighted by Crippen LogP contribution is 2.49. The molecule has 2 rings (SSSR count). The summed E-state index contributed by atoms with van der Waals surface area (Å²) in [5, 5.41) is 19.3. The maximum absolute atomic E-state index is 14.1. The Morgan fingerprint density at radius 2 is 0.864 bits per heavy atom. The van der Waals surface area contributed by atoms with Gasteiger partial charge >= 0.3 is 11.8 Å². The van der Waals surface area contributed by atoms with E-state index in [1.165, 1.54) is 36.4 Å². The van der Waals surface area contributed by atoms with Gasteiger partial charge in [0.15, 0.2) is 0 Å². The average Bonchev–Trinajstić information content (AvgIpc) is 2.54. The molecule has 0 amide bonds. The molecule has 2 aromatic carbocycles. The molecule has 2 unspecified atom stereocenters. The Hall–Kier alpha value is -1.92. The fourth-order valence-electron chi connectivity index (χ4n) is 2.05. The fraction of sp³-hybridized carbons (Fsp3) is 0.250. The maximum atomic E-state index is 14.1. The van der Waals surface area contributed by atoms with Crippen molar-refractivity contribution in [2.45, 2.75) is 24.1 Å². The van der Waals surface area contributed by atoms with Crippen LogP contribution in [0.5, 0.6) is 0 Å². The summed E-state index contributed by atoms with van der Waals surface area (Å²) in [4.78, 5) is 0. The molecule has 0 bridgehead atoms. The quantitative estimate of drug-likeness (QED) is 0.826. The highest BCUT2D eigenvalue weighted by Gasteiger charge is 2.65. The van der Waals surface area contributed by atoms with Gasteiger partial charge < -0.3 is 10.2 Å². The van der Waals surface area contributed by atoms with Crippen LogP contribution in [0.25, 0.3) is 0 Å². The fourth-order valence-corrected chi connectivity index (χ4v) is 2.05. The number of alkyl halides is 4. The second kappa shape index (κ2) is 6.06. The third-order valence-electron chi connectivity index (χ3n) is 3.36. The van der Waals surface area contributed by atoms with Crippen LogP contribution in [-0.2, 0) is 0 Å². The van der Waals surface area contributed by atoms with E-state index in [0.29, 0.717) is 0 Å². The van der Waals surface area contributed by atoms with E-state index in [9.17, 15) is 27.8 Å². The first-order valence-electron chi connectivity index (χ1n) is 6.50. The molecule has 0 fully saturated rings. The lowest BCUT2D eigenvalue weighted by molar-refractivity contribution is -0.290. The summed E-state index contributed by atoms with van der Waals surface area (Å²) in [6.45, 7) is 0. The number of aliphatic hydroxyl groups is 2. The molecule has 0 aromatic heterocycles. The van der Waals surface area contributed by atoms with Gasteiger partial charge in [-0.15, -0.1) is 0 Å². The first-order valence-corrected chi connectivity index (χ1v) is 6.50. The Morgan fingerprint density at radius 3 is 1.14 bits per heavy atom. The maximum Gasteiger partial charge on any atom is 0.342 e. The van der Waals surface area contributed by atoms with Crippen molar-refractivity contribution in [3.8, 4) is 0 Å². The van der Waals surface area contributed by atoms with Gasteiger partial charge in [-0.05, 0) is 11.1 Å². The van der Waals surface area contributed by atoms with Gasteiger partial charge in [0.25, 0.3) is 0 Å². The Bertz CT molecular complexity index is 547. The molecule has 0 aliphatic heterocycles. The molecule has 6 heteroatoms. The van der Waals surface area contributed by atoms with Crippen molar-refractivity contribution in [1.82, 2.24) is 0 Å². The molecule has 118 valence electrons. The van der Waals surface area contributed by atoms with Crippen molar-refractivity contribution in [3.63, 3.8) is 0 Å². The molecule has 0 saturated heterocycles. The third-order valence-corrected chi connectivity index (χ3v) is 3.36. The smallest absolute Gasteiger partial charge is 0.342 e. The van der Waals surface area contributed by atoms with Gasteiger partial charge in [0.05, 0.1) is 0 Å². The first kappa shape index (κ1) is 16.5. The van der Waals surface area contributed by atoms with Crippen molar-refractivity contribution < 1.29 is 27.8 Å². The zero-order valence-corrected chi connectivity index (χ0v) is 11.3. The molecule has 0 saturated carbocycles. The molecule has 0 spiro atoms. The number of hydrogen-bond acceptors (Lipinski definition) is 2. The van der Waals surface area contributed by atoms with Crippen LogP contribution in [0.1, 0.15) is 23.3 Å². The first-order chi connectivity index (χ1) is 10.3. The molecule has 0 radical (unpaired) electrons. The van der Waals surface area contributed by atoms with Crippen molar-refractivity contribution in [2.24, 2.45) is 0 Å². The summed E-state index contributed by atoms with van der Waals surface area (Å²) in [5.74, 6) is -9.69. The Kier molecular flexibility index (Phi) is 4.53. The Balaban J connectivity index is 2.34. The van der Waals surface area contributed by atoms with E-state index < -0.39 is 24.1 Å². The second-order valence-corrected chi connectivity index (χ2v) is 4.87. The molecule has 2 atom stereocenters. The topological polar surface area (TPSA) is 40.5 Å². The average molecular weight is 314 g/mol. The van der Waals surface area contributed by atoms with Crippen molar-refractivity contribution in [1.29, 1.82) is 0 Å². The highest BCUT2D eigenvalue weighted by molar-refractivity contribution is 5.24. The van der Waals surface area contributed by atoms with E-state index >= 15 is 0 Å². The van der Waals surface area contributed by atoms with E-state index in [1.807, 2.05) is 0 Å². The molecular formula is C16H14F4O2. The SMILES string of the molecule is OC(c1ccccc1)C(F)(F)C(F)(F)C(O)c1ccccc1. The highest BCUT2D eigenvalue weighted by atomic mass is 19.3. The third kappa shape index (κ3) is 2.84. The van der Waals surface area contributed by atoms with Crippen molar-refractivity contribution >= 4 is 0 Å². The number of halogens is 4. The predicted molar refractivity (Wildman–Crippen MR) is 72.7 cm³/mol. The lowest BCUT2D eigenvalue weighted by Gasteiger charge is -2.33. The minimum Gasteiger partial charge on any atom is -0.382 e. The molecule has 2 N–H and O–H groups in total. The summed E-state index contributed by atoms with van der Waals surface area (Å²) in [6, 6.07) is 12.9. The number of aliphatic hydroxyl groups excluding tert-OH is 2. The largest absolute Gasteiger partial charge is 0.382 e. The van der Waals surface area contributed by atoms with Gasteiger partial charge in [0.2, 0.25) is 0 Å².